The van der Waals surface area contributed by atoms with Gasteiger partial charge in [-0.15, -0.1) is 0 Å². The number of anilines is 1. The molecule has 0 radical (unpaired) electrons. The predicted octanol–water partition coefficient (Wildman–Crippen LogP) is 3.57. The molecule has 2 N–H and O–H groups in total. The molecule has 1 aromatic heterocycles. The van der Waals surface area contributed by atoms with E-state index >= 15 is 0 Å². The Morgan fingerprint density at radius 2 is 1.82 bits per heavy atom. The van der Waals surface area contributed by atoms with Crippen molar-refractivity contribution in [3.05, 3.63) is 71.8 Å². The summed E-state index contributed by atoms with van der Waals surface area (Å²) in [6, 6.07) is 19.1. The van der Waals surface area contributed by atoms with Gasteiger partial charge in [0.2, 0.25) is 5.91 Å². The summed E-state index contributed by atoms with van der Waals surface area (Å²) in [4.78, 5) is 39.3. The summed E-state index contributed by atoms with van der Waals surface area (Å²) in [6.07, 6.45) is 1.81. The Balaban J connectivity index is 1.38. The van der Waals surface area contributed by atoms with Gasteiger partial charge >= 0.3 is 6.03 Å². The van der Waals surface area contributed by atoms with Crippen molar-refractivity contribution in [2.75, 3.05) is 11.9 Å². The van der Waals surface area contributed by atoms with Crippen LogP contribution in [0.2, 0.25) is 0 Å². The second kappa shape index (κ2) is 8.44. The third kappa shape index (κ3) is 4.07. The van der Waals surface area contributed by atoms with Crippen LogP contribution in [0.1, 0.15) is 30.9 Å². The van der Waals surface area contributed by atoms with Gasteiger partial charge in [-0.05, 0) is 43.7 Å². The number of amides is 4. The fourth-order valence-corrected chi connectivity index (χ4v) is 4.51. The Bertz CT molecular complexity index is 1260. The van der Waals surface area contributed by atoms with Crippen LogP contribution in [-0.4, -0.2) is 44.6 Å². The van der Waals surface area contributed by atoms with Crippen LogP contribution in [-0.2, 0) is 16.1 Å². The Morgan fingerprint density at radius 1 is 1.12 bits per heavy atom. The molecule has 8 nitrogen and oxygen atoms in total. The lowest BCUT2D eigenvalue weighted by Crippen LogP contribution is -2.46. The minimum atomic E-state index is -0.912. The number of hydrogen-bond acceptors (Lipinski definition) is 4. The summed E-state index contributed by atoms with van der Waals surface area (Å²) in [6.45, 7) is 3.87. The van der Waals surface area contributed by atoms with Gasteiger partial charge in [-0.3, -0.25) is 14.5 Å². The number of nitrogens with one attached hydrogen (secondary N) is 2. The maximum Gasteiger partial charge on any atom is 0.325 e. The Hall–Kier alpha value is -3.94. The number of aromatic nitrogens is 2. The highest BCUT2D eigenvalue weighted by Gasteiger charge is 2.56. The molecule has 1 saturated carbocycles. The van der Waals surface area contributed by atoms with Gasteiger partial charge < -0.3 is 10.6 Å². The van der Waals surface area contributed by atoms with E-state index < -0.39 is 17.5 Å². The second-order valence-electron chi connectivity index (χ2n) is 9.22. The molecule has 1 unspecified atom stereocenters. The summed E-state index contributed by atoms with van der Waals surface area (Å²) in [5.74, 6) is -0.146. The lowest BCUT2D eigenvalue weighted by molar-refractivity contribution is -0.134. The van der Waals surface area contributed by atoms with E-state index in [1.165, 1.54) is 0 Å². The van der Waals surface area contributed by atoms with Crippen LogP contribution in [0.25, 0.3) is 11.3 Å². The van der Waals surface area contributed by atoms with E-state index in [9.17, 15) is 14.4 Å². The molecule has 1 aliphatic carbocycles. The van der Waals surface area contributed by atoms with E-state index in [0.29, 0.717) is 12.4 Å². The van der Waals surface area contributed by atoms with Crippen molar-refractivity contribution in [2.45, 2.75) is 38.8 Å². The third-order valence-corrected chi connectivity index (χ3v) is 6.64. The average molecular weight is 458 g/mol. The van der Waals surface area contributed by atoms with Crippen molar-refractivity contribution in [1.82, 2.24) is 20.0 Å². The molecule has 5 rings (SSSR count). The molecule has 2 fully saturated rings. The van der Waals surface area contributed by atoms with Crippen LogP contribution in [0.15, 0.2) is 60.7 Å². The molecule has 1 aliphatic heterocycles. The maximum absolute atomic E-state index is 12.9. The molecule has 2 heterocycles. The molecule has 174 valence electrons. The van der Waals surface area contributed by atoms with Gasteiger partial charge in [-0.25, -0.2) is 9.48 Å². The molecule has 1 atom stereocenters. The first-order chi connectivity index (χ1) is 16.3. The maximum atomic E-state index is 12.9. The number of urea groups is 1. The zero-order valence-corrected chi connectivity index (χ0v) is 19.2. The quantitative estimate of drug-likeness (QED) is 0.530. The highest BCUT2D eigenvalue weighted by atomic mass is 16.2. The zero-order chi connectivity index (χ0) is 23.9. The summed E-state index contributed by atoms with van der Waals surface area (Å²) in [5, 5.41) is 10.4. The van der Waals surface area contributed by atoms with Crippen molar-refractivity contribution >= 4 is 23.7 Å². The number of imide groups is 1. The highest BCUT2D eigenvalue weighted by molar-refractivity contribution is 6.10. The summed E-state index contributed by atoms with van der Waals surface area (Å²) >= 11 is 0. The third-order valence-electron chi connectivity index (χ3n) is 6.64. The average Bonchev–Trinajstić information content (AvgIpc) is 3.58. The number of nitrogens with zero attached hydrogens (tertiary/aromatic N) is 3. The van der Waals surface area contributed by atoms with Crippen LogP contribution in [0, 0.1) is 12.8 Å². The first-order valence-corrected chi connectivity index (χ1v) is 11.5. The molecule has 0 spiro atoms. The van der Waals surface area contributed by atoms with Crippen molar-refractivity contribution in [1.29, 1.82) is 0 Å². The number of benzene rings is 2. The van der Waals surface area contributed by atoms with E-state index in [2.05, 4.69) is 10.6 Å². The van der Waals surface area contributed by atoms with E-state index in [1.54, 1.807) is 11.6 Å². The topological polar surface area (TPSA) is 96.3 Å². The zero-order valence-electron chi connectivity index (χ0n) is 19.2. The normalized spacial score (nSPS) is 19.9. The van der Waals surface area contributed by atoms with Gasteiger partial charge in [-0.2, -0.15) is 5.10 Å². The number of hydrogen-bond donors (Lipinski definition) is 2. The molecule has 4 amide bonds. The van der Waals surface area contributed by atoms with Crippen LogP contribution in [0.3, 0.4) is 0 Å². The number of rotatable bonds is 7. The molecule has 3 aromatic rings. The Labute approximate surface area is 197 Å². The summed E-state index contributed by atoms with van der Waals surface area (Å²) in [5.41, 5.74) is 2.90. The molecule has 8 heteroatoms. The molecule has 2 aliphatic rings. The van der Waals surface area contributed by atoms with E-state index in [-0.39, 0.29) is 18.4 Å². The molecule has 0 bridgehead atoms. The number of carbonyl (C=O) groups is 3. The van der Waals surface area contributed by atoms with E-state index in [0.717, 1.165) is 40.1 Å². The number of aryl methyl sites for hydroxylation is 1. The van der Waals surface area contributed by atoms with E-state index in [4.69, 9.17) is 5.10 Å². The van der Waals surface area contributed by atoms with Crippen LogP contribution < -0.4 is 10.6 Å². The summed E-state index contributed by atoms with van der Waals surface area (Å²) < 4.78 is 1.73. The second-order valence-corrected chi connectivity index (χ2v) is 9.22. The van der Waals surface area contributed by atoms with Crippen molar-refractivity contribution in [2.24, 2.45) is 5.92 Å². The molecule has 2 aromatic carbocycles. The van der Waals surface area contributed by atoms with Crippen molar-refractivity contribution in [3.63, 3.8) is 0 Å². The smallest absolute Gasteiger partial charge is 0.323 e. The lowest BCUT2D eigenvalue weighted by atomic mass is 9.96. The molecular formula is C26H27N5O3. The Kier molecular flexibility index (Phi) is 5.43. The van der Waals surface area contributed by atoms with Gasteiger partial charge in [0, 0.05) is 11.6 Å². The summed E-state index contributed by atoms with van der Waals surface area (Å²) in [7, 11) is 0. The lowest BCUT2D eigenvalue weighted by Gasteiger charge is -2.20. The largest absolute Gasteiger partial charge is 0.325 e. The first-order valence-electron chi connectivity index (χ1n) is 11.5. The van der Waals surface area contributed by atoms with Gasteiger partial charge in [0.1, 0.15) is 17.9 Å². The fraction of sp³-hybridized carbons (Fsp3) is 0.308. The standard InChI is InChI=1S/C26H27N5O3/c1-17-8-6-7-11-20(17)21-14-22(31(29-21)15-18-9-4-3-5-10-18)27-23(32)16-30-24(33)26(2,19-12-13-19)28-25(30)34/h3-11,14,19H,12-13,15-16H2,1-2H3,(H,27,32)(H,28,34). The minimum Gasteiger partial charge on any atom is -0.323 e. The van der Waals surface area contributed by atoms with Gasteiger partial charge in [0.25, 0.3) is 5.91 Å². The highest BCUT2D eigenvalue weighted by Crippen LogP contribution is 2.42. The molecule has 1 saturated heterocycles. The molecule has 34 heavy (non-hydrogen) atoms. The van der Waals surface area contributed by atoms with Crippen LogP contribution >= 0.6 is 0 Å². The monoisotopic (exact) mass is 457 g/mol. The van der Waals surface area contributed by atoms with Gasteiger partial charge in [-0.1, -0.05) is 54.6 Å². The first kappa shape index (κ1) is 21.9. The number of carbonyl (C=O) groups excluding carboxylic acids is 3. The van der Waals surface area contributed by atoms with E-state index in [1.807, 2.05) is 67.6 Å². The van der Waals surface area contributed by atoms with Gasteiger partial charge in [0.15, 0.2) is 0 Å². The van der Waals surface area contributed by atoms with Gasteiger partial charge in [0.05, 0.1) is 12.2 Å². The van der Waals surface area contributed by atoms with Crippen LogP contribution in [0.4, 0.5) is 10.6 Å². The Morgan fingerprint density at radius 3 is 2.53 bits per heavy atom. The van der Waals surface area contributed by atoms with Crippen LogP contribution in [0.5, 0.6) is 0 Å². The fourth-order valence-electron chi connectivity index (χ4n) is 4.51. The minimum absolute atomic E-state index is 0.140. The van der Waals surface area contributed by atoms with Crippen molar-refractivity contribution < 1.29 is 14.4 Å². The van der Waals surface area contributed by atoms with Crippen molar-refractivity contribution in [3.8, 4) is 11.3 Å². The predicted molar refractivity (Wildman–Crippen MR) is 128 cm³/mol. The molecular weight excluding hydrogens is 430 g/mol. The SMILES string of the molecule is Cc1ccccc1-c1cc(NC(=O)CN2C(=O)NC(C)(C3CC3)C2=O)n(Cc2ccccc2)n1.